The fourth-order valence-electron chi connectivity index (χ4n) is 3.40. The van der Waals surface area contributed by atoms with Gasteiger partial charge in [0.05, 0.1) is 13.2 Å². The number of amides is 1. The summed E-state index contributed by atoms with van der Waals surface area (Å²) < 4.78 is 7.55. The fourth-order valence-corrected chi connectivity index (χ4v) is 3.72. The summed E-state index contributed by atoms with van der Waals surface area (Å²) in [7, 11) is 0. The molecule has 2 aromatic rings. The molecule has 0 radical (unpaired) electrons. The third-order valence-corrected chi connectivity index (χ3v) is 5.52. The van der Waals surface area contributed by atoms with Crippen LogP contribution < -0.4 is 5.32 Å². The van der Waals surface area contributed by atoms with E-state index >= 15 is 0 Å². The molecule has 0 saturated carbocycles. The van der Waals surface area contributed by atoms with Crippen LogP contribution in [-0.2, 0) is 16.1 Å². The lowest BCUT2D eigenvalue weighted by atomic mass is 10.0. The maximum atomic E-state index is 12.6. The first-order valence-electron chi connectivity index (χ1n) is 9.45. The van der Waals surface area contributed by atoms with Crippen molar-refractivity contribution in [2.75, 3.05) is 32.8 Å². The average molecular weight is 424 g/mol. The maximum absolute atomic E-state index is 12.6. The summed E-state index contributed by atoms with van der Waals surface area (Å²) in [6, 6.07) is 7.56. The second kappa shape index (κ2) is 9.65. The van der Waals surface area contributed by atoms with Gasteiger partial charge in [0.15, 0.2) is 10.6 Å². The van der Waals surface area contributed by atoms with Crippen LogP contribution in [0.1, 0.15) is 13.8 Å². The number of carbonyl (C=O) groups excluding carboxylic acids is 1. The smallest absolute Gasteiger partial charge is 0.240 e. The molecule has 1 unspecified atom stereocenters. The van der Waals surface area contributed by atoms with Crippen LogP contribution in [0.4, 0.5) is 0 Å². The molecule has 1 saturated heterocycles. The molecule has 3 rings (SSSR count). The van der Waals surface area contributed by atoms with Crippen LogP contribution >= 0.6 is 23.8 Å². The van der Waals surface area contributed by atoms with Crippen LogP contribution in [0.25, 0.3) is 11.4 Å². The molecule has 1 aliphatic rings. The lowest BCUT2D eigenvalue weighted by Gasteiger charge is -2.36. The number of aromatic nitrogens is 3. The minimum atomic E-state index is -0.0911. The topological polar surface area (TPSA) is 75.2 Å². The van der Waals surface area contributed by atoms with Crippen molar-refractivity contribution in [3.63, 3.8) is 0 Å². The van der Waals surface area contributed by atoms with Gasteiger partial charge in [0.25, 0.3) is 0 Å². The Morgan fingerprint density at radius 2 is 2.00 bits per heavy atom. The monoisotopic (exact) mass is 423 g/mol. The molecule has 152 valence electrons. The van der Waals surface area contributed by atoms with E-state index in [0.717, 1.165) is 31.9 Å². The Kier molecular flexibility index (Phi) is 7.23. The first-order chi connectivity index (χ1) is 13.5. The summed E-state index contributed by atoms with van der Waals surface area (Å²) in [5, 5.41) is 10.7. The van der Waals surface area contributed by atoms with E-state index in [1.165, 1.54) is 0 Å². The van der Waals surface area contributed by atoms with Gasteiger partial charge >= 0.3 is 0 Å². The number of halogens is 1. The number of nitrogens with zero attached hydrogens (tertiary/aromatic N) is 3. The van der Waals surface area contributed by atoms with Crippen molar-refractivity contribution in [1.29, 1.82) is 0 Å². The van der Waals surface area contributed by atoms with Gasteiger partial charge in [-0.2, -0.15) is 5.10 Å². The highest BCUT2D eigenvalue weighted by Crippen LogP contribution is 2.20. The second-order valence-electron chi connectivity index (χ2n) is 7.21. The number of morpholine rings is 1. The first kappa shape index (κ1) is 21.0. The van der Waals surface area contributed by atoms with E-state index in [1.54, 1.807) is 16.7 Å². The van der Waals surface area contributed by atoms with E-state index in [0.29, 0.717) is 28.1 Å². The molecule has 2 heterocycles. The van der Waals surface area contributed by atoms with Crippen LogP contribution in [0.3, 0.4) is 0 Å². The van der Waals surface area contributed by atoms with E-state index in [2.05, 4.69) is 34.3 Å². The van der Waals surface area contributed by atoms with Crippen molar-refractivity contribution in [3.05, 3.63) is 34.1 Å². The van der Waals surface area contributed by atoms with E-state index in [-0.39, 0.29) is 18.5 Å². The van der Waals surface area contributed by atoms with Gasteiger partial charge in [0.2, 0.25) is 5.91 Å². The van der Waals surface area contributed by atoms with Crippen LogP contribution in [0.2, 0.25) is 5.02 Å². The summed E-state index contributed by atoms with van der Waals surface area (Å²) in [4.78, 5) is 15.0. The van der Waals surface area contributed by atoms with Gasteiger partial charge in [-0.3, -0.25) is 19.4 Å². The Bertz CT molecular complexity index is 843. The minimum absolute atomic E-state index is 0.0911. The van der Waals surface area contributed by atoms with Crippen molar-refractivity contribution in [3.8, 4) is 11.4 Å². The second-order valence-corrected chi connectivity index (χ2v) is 8.03. The molecule has 1 amide bonds. The third-order valence-electron chi connectivity index (χ3n) is 4.96. The van der Waals surface area contributed by atoms with Crippen molar-refractivity contribution >= 4 is 29.7 Å². The minimum Gasteiger partial charge on any atom is -0.379 e. The molecule has 1 aromatic heterocycles. The Morgan fingerprint density at radius 1 is 1.32 bits per heavy atom. The Labute approximate surface area is 175 Å². The molecule has 7 nitrogen and oxygen atoms in total. The molecular weight excluding hydrogens is 398 g/mol. The first-order valence-corrected chi connectivity index (χ1v) is 10.2. The highest BCUT2D eigenvalue weighted by molar-refractivity contribution is 7.71. The zero-order valence-electron chi connectivity index (χ0n) is 16.2. The van der Waals surface area contributed by atoms with E-state index in [9.17, 15) is 4.79 Å². The van der Waals surface area contributed by atoms with Crippen molar-refractivity contribution in [2.24, 2.45) is 5.92 Å². The quantitative estimate of drug-likeness (QED) is 0.670. The third kappa shape index (κ3) is 5.20. The molecule has 1 atom stereocenters. The van der Waals surface area contributed by atoms with Gasteiger partial charge in [-0.15, -0.1) is 0 Å². The van der Waals surface area contributed by atoms with E-state index in [4.69, 9.17) is 28.6 Å². The van der Waals surface area contributed by atoms with Crippen LogP contribution in [0, 0.1) is 10.7 Å². The van der Waals surface area contributed by atoms with Crippen LogP contribution in [0.15, 0.2) is 24.3 Å². The predicted octanol–water partition coefficient (Wildman–Crippen LogP) is 2.73. The lowest BCUT2D eigenvalue weighted by Crippen LogP contribution is -2.51. The summed E-state index contributed by atoms with van der Waals surface area (Å²) in [5.41, 5.74) is 0.845. The van der Waals surface area contributed by atoms with Crippen molar-refractivity contribution in [1.82, 2.24) is 25.0 Å². The zero-order valence-corrected chi connectivity index (χ0v) is 17.7. The van der Waals surface area contributed by atoms with Crippen LogP contribution in [0.5, 0.6) is 0 Å². The van der Waals surface area contributed by atoms with Crippen molar-refractivity contribution < 1.29 is 9.53 Å². The summed E-state index contributed by atoms with van der Waals surface area (Å²) in [6.45, 7) is 8.34. The van der Waals surface area contributed by atoms with Gasteiger partial charge in [0, 0.05) is 36.3 Å². The van der Waals surface area contributed by atoms with Crippen LogP contribution in [-0.4, -0.2) is 64.5 Å². The number of H-pyrrole nitrogens is 1. The average Bonchev–Trinajstić information content (AvgIpc) is 3.03. The molecule has 9 heteroatoms. The normalized spacial score (nSPS) is 16.3. The molecule has 28 heavy (non-hydrogen) atoms. The highest BCUT2D eigenvalue weighted by atomic mass is 35.5. The molecule has 0 aliphatic carbocycles. The fraction of sp³-hybridized carbons (Fsp3) is 0.526. The largest absolute Gasteiger partial charge is 0.379 e. The summed E-state index contributed by atoms with van der Waals surface area (Å²) >= 11 is 11.3. The van der Waals surface area contributed by atoms with Crippen molar-refractivity contribution in [2.45, 2.75) is 26.4 Å². The Balaban J connectivity index is 1.65. The Hall–Kier alpha value is -1.74. The Morgan fingerprint density at radius 3 is 2.64 bits per heavy atom. The number of carbonyl (C=O) groups is 1. The van der Waals surface area contributed by atoms with Gasteiger partial charge < -0.3 is 10.1 Å². The molecule has 1 fully saturated rings. The van der Waals surface area contributed by atoms with Gasteiger partial charge in [0.1, 0.15) is 6.54 Å². The molecule has 0 spiro atoms. The molecule has 1 aliphatic heterocycles. The van der Waals surface area contributed by atoms with Gasteiger partial charge in [-0.25, -0.2) is 0 Å². The van der Waals surface area contributed by atoms with Gasteiger partial charge in [-0.1, -0.05) is 25.4 Å². The molecule has 1 aromatic carbocycles. The summed E-state index contributed by atoms with van der Waals surface area (Å²) in [6.07, 6.45) is 0. The highest BCUT2D eigenvalue weighted by Gasteiger charge is 2.24. The number of hydrogen-bond donors (Lipinski definition) is 2. The molecular formula is C19H26ClN5O2S. The predicted molar refractivity (Wildman–Crippen MR) is 112 cm³/mol. The molecule has 0 bridgehead atoms. The molecule has 2 N–H and O–H groups in total. The SMILES string of the molecule is CC(C)C(CNC(=O)Cn1c(-c2ccc(Cl)cc2)n[nH]c1=S)N1CCOCC1. The van der Waals surface area contributed by atoms with Gasteiger partial charge in [-0.05, 0) is 42.4 Å². The number of hydrogen-bond acceptors (Lipinski definition) is 5. The number of ether oxygens (including phenoxy) is 1. The number of nitrogens with one attached hydrogen (secondary N) is 2. The van der Waals surface area contributed by atoms with E-state index < -0.39 is 0 Å². The number of rotatable bonds is 7. The zero-order chi connectivity index (χ0) is 20.1. The number of aromatic amines is 1. The van der Waals surface area contributed by atoms with E-state index in [1.807, 2.05) is 12.1 Å². The lowest BCUT2D eigenvalue weighted by molar-refractivity contribution is -0.122. The number of benzene rings is 1. The summed E-state index contributed by atoms with van der Waals surface area (Å²) in [5.74, 6) is 0.955. The standard InChI is InChI=1S/C19H26ClN5O2S/c1-13(2)16(24-7-9-27-10-8-24)11-21-17(26)12-25-18(22-23-19(25)28)14-3-5-15(20)6-4-14/h3-6,13,16H,7-12H2,1-2H3,(H,21,26)(H,23,28). The maximum Gasteiger partial charge on any atom is 0.240 e.